The van der Waals surface area contributed by atoms with E-state index in [0.717, 1.165) is 38.5 Å². The lowest BCUT2D eigenvalue weighted by Crippen LogP contribution is -2.45. The summed E-state index contributed by atoms with van der Waals surface area (Å²) >= 11 is 0. The summed E-state index contributed by atoms with van der Waals surface area (Å²) in [6.07, 6.45) is 97.8. The molecule has 88 heavy (non-hydrogen) atoms. The highest BCUT2D eigenvalue weighted by Crippen LogP contribution is 2.21. The molecular weight excluding hydrogens is 1080 g/mol. The van der Waals surface area contributed by atoms with Crippen molar-refractivity contribution in [3.63, 3.8) is 0 Å². The van der Waals surface area contributed by atoms with Crippen LogP contribution in [0.5, 0.6) is 0 Å². The van der Waals surface area contributed by atoms with E-state index in [4.69, 9.17) is 4.74 Å². The normalized spacial score (nSPS) is 12.4. The molecule has 0 fully saturated rings. The van der Waals surface area contributed by atoms with Crippen LogP contribution >= 0.6 is 0 Å². The van der Waals surface area contributed by atoms with Crippen molar-refractivity contribution in [3.05, 3.63) is 0 Å². The summed E-state index contributed by atoms with van der Waals surface area (Å²) in [5, 5.41) is 23.5. The Bertz CT molecular complexity index is 1290. The summed E-state index contributed by atoms with van der Waals surface area (Å²) in [6.45, 7) is 5.03. The molecule has 3 N–H and O–H groups in total. The van der Waals surface area contributed by atoms with E-state index in [1.54, 1.807) is 0 Å². The minimum absolute atomic E-state index is 0.0241. The number of aliphatic hydroxyl groups is 2. The average Bonchev–Trinajstić information content (AvgIpc) is 3.58. The van der Waals surface area contributed by atoms with Crippen LogP contribution in [0.2, 0.25) is 0 Å². The second-order valence-electron chi connectivity index (χ2n) is 28.8. The van der Waals surface area contributed by atoms with Crippen molar-refractivity contribution in [2.45, 2.75) is 501 Å². The van der Waals surface area contributed by atoms with Gasteiger partial charge in [0.2, 0.25) is 5.91 Å². The molecule has 0 saturated carbocycles. The standard InChI is InChI=1S/C82H163NO5/c1-3-5-7-9-11-13-15-17-19-21-23-39-42-46-50-54-58-62-66-70-74-80(85)79(78-84)83-81(86)75-71-67-63-59-55-51-47-43-40-37-35-33-31-29-27-25-24-26-28-30-32-34-36-38-41-45-49-53-57-61-65-69-73-77-88-82(87)76-72-68-64-60-56-52-48-44-22-20-18-16-14-12-10-8-6-4-2/h79-80,84-85H,3-78H2,1-2H3,(H,83,86). The third-order valence-corrected chi connectivity index (χ3v) is 19.9. The lowest BCUT2D eigenvalue weighted by Gasteiger charge is -2.22. The van der Waals surface area contributed by atoms with Crippen LogP contribution in [0.15, 0.2) is 0 Å². The number of unbranched alkanes of at least 4 members (excludes halogenated alkanes) is 68. The van der Waals surface area contributed by atoms with Gasteiger partial charge >= 0.3 is 5.97 Å². The number of carbonyl (C=O) groups excluding carboxylic acids is 2. The van der Waals surface area contributed by atoms with Crippen LogP contribution in [-0.2, 0) is 14.3 Å². The predicted molar refractivity (Wildman–Crippen MR) is 389 cm³/mol. The fourth-order valence-corrected chi connectivity index (χ4v) is 13.6. The van der Waals surface area contributed by atoms with Crippen molar-refractivity contribution in [3.8, 4) is 0 Å². The maximum Gasteiger partial charge on any atom is 0.305 e. The van der Waals surface area contributed by atoms with Gasteiger partial charge in [-0.2, -0.15) is 0 Å². The first kappa shape index (κ1) is 86.9. The topological polar surface area (TPSA) is 95.9 Å². The fourth-order valence-electron chi connectivity index (χ4n) is 13.6. The highest BCUT2D eigenvalue weighted by Gasteiger charge is 2.20. The van der Waals surface area contributed by atoms with Crippen molar-refractivity contribution < 1.29 is 24.5 Å². The molecule has 0 spiro atoms. The van der Waals surface area contributed by atoms with E-state index < -0.39 is 12.1 Å². The number of hydrogen-bond acceptors (Lipinski definition) is 5. The second kappa shape index (κ2) is 78.3. The average molecular weight is 1240 g/mol. The number of aliphatic hydroxyl groups excluding tert-OH is 2. The van der Waals surface area contributed by atoms with E-state index in [1.165, 1.54) is 417 Å². The van der Waals surface area contributed by atoms with E-state index in [0.29, 0.717) is 25.9 Å². The number of carbonyl (C=O) groups is 2. The Hall–Kier alpha value is -1.14. The first-order valence-corrected chi connectivity index (χ1v) is 41.3. The molecule has 2 unspecified atom stereocenters. The third-order valence-electron chi connectivity index (χ3n) is 19.9. The van der Waals surface area contributed by atoms with Gasteiger partial charge in [0, 0.05) is 12.8 Å². The van der Waals surface area contributed by atoms with Crippen molar-refractivity contribution in [1.82, 2.24) is 5.32 Å². The molecule has 1 amide bonds. The SMILES string of the molecule is CCCCCCCCCCCCCCCCCCCCCCC(O)C(CO)NC(=O)CCCCCCCCCCCCCCCCCCCCCCCCCCCCCCCCCCCOC(=O)CCCCCCCCCCCCCCCCCCCC. The maximum absolute atomic E-state index is 12.6. The fraction of sp³-hybridized carbons (Fsp3) is 0.976. The van der Waals surface area contributed by atoms with E-state index in [-0.39, 0.29) is 18.5 Å². The quantitative estimate of drug-likeness (QED) is 0.0417. The van der Waals surface area contributed by atoms with Gasteiger partial charge in [0.1, 0.15) is 0 Å². The Kier molecular flexibility index (Phi) is 77.3. The predicted octanol–water partition coefficient (Wildman–Crippen LogP) is 27.3. The summed E-state index contributed by atoms with van der Waals surface area (Å²) < 4.78 is 5.52. The Morgan fingerprint density at radius 2 is 0.466 bits per heavy atom. The molecule has 0 bridgehead atoms. The van der Waals surface area contributed by atoms with Crippen LogP contribution in [-0.4, -0.2) is 47.4 Å². The summed E-state index contributed by atoms with van der Waals surface area (Å²) in [5.74, 6) is 0.00367. The van der Waals surface area contributed by atoms with Crippen LogP contribution in [0, 0.1) is 0 Å². The molecule has 0 aromatic rings. The van der Waals surface area contributed by atoms with E-state index >= 15 is 0 Å². The summed E-state index contributed by atoms with van der Waals surface area (Å²) in [5.41, 5.74) is 0. The summed E-state index contributed by atoms with van der Waals surface area (Å²) in [6, 6.07) is -0.538. The van der Waals surface area contributed by atoms with Gasteiger partial charge < -0.3 is 20.3 Å². The van der Waals surface area contributed by atoms with Crippen LogP contribution < -0.4 is 5.32 Å². The van der Waals surface area contributed by atoms with Gasteiger partial charge in [-0.25, -0.2) is 0 Å². The highest BCUT2D eigenvalue weighted by molar-refractivity contribution is 5.76. The molecular formula is C82H163NO5. The Balaban J connectivity index is 3.30. The van der Waals surface area contributed by atoms with Crippen molar-refractivity contribution in [2.75, 3.05) is 13.2 Å². The van der Waals surface area contributed by atoms with Gasteiger partial charge in [-0.1, -0.05) is 450 Å². The number of esters is 1. The van der Waals surface area contributed by atoms with Crippen LogP contribution in [0.25, 0.3) is 0 Å². The Labute approximate surface area is 553 Å². The Morgan fingerprint density at radius 3 is 0.693 bits per heavy atom. The summed E-state index contributed by atoms with van der Waals surface area (Å²) in [4.78, 5) is 24.7. The van der Waals surface area contributed by atoms with Crippen LogP contribution in [0.3, 0.4) is 0 Å². The molecule has 0 aliphatic heterocycles. The molecule has 0 heterocycles. The molecule has 0 aliphatic rings. The number of ether oxygens (including phenoxy) is 1. The minimum atomic E-state index is -0.661. The number of hydrogen-bond donors (Lipinski definition) is 3. The molecule has 6 heteroatoms. The van der Waals surface area contributed by atoms with Gasteiger partial charge in [-0.15, -0.1) is 0 Å². The van der Waals surface area contributed by atoms with Crippen molar-refractivity contribution >= 4 is 11.9 Å². The van der Waals surface area contributed by atoms with Crippen molar-refractivity contribution in [1.29, 1.82) is 0 Å². The molecule has 0 saturated heterocycles. The second-order valence-corrected chi connectivity index (χ2v) is 28.8. The number of amides is 1. The number of nitrogens with one attached hydrogen (secondary N) is 1. The van der Waals surface area contributed by atoms with Gasteiger partial charge in [0.05, 0.1) is 25.4 Å². The minimum Gasteiger partial charge on any atom is -0.466 e. The lowest BCUT2D eigenvalue weighted by molar-refractivity contribution is -0.143. The van der Waals surface area contributed by atoms with Crippen LogP contribution in [0.1, 0.15) is 489 Å². The van der Waals surface area contributed by atoms with Crippen molar-refractivity contribution in [2.24, 2.45) is 0 Å². The third kappa shape index (κ3) is 73.9. The number of rotatable bonds is 79. The zero-order valence-corrected chi connectivity index (χ0v) is 60.5. The van der Waals surface area contributed by atoms with E-state index in [2.05, 4.69) is 19.2 Å². The van der Waals surface area contributed by atoms with Gasteiger partial charge in [0.15, 0.2) is 0 Å². The highest BCUT2D eigenvalue weighted by atomic mass is 16.5. The molecule has 0 rings (SSSR count). The molecule has 0 aliphatic carbocycles. The maximum atomic E-state index is 12.6. The van der Waals surface area contributed by atoms with Crippen LogP contribution in [0.4, 0.5) is 0 Å². The first-order chi connectivity index (χ1) is 43.5. The monoisotopic (exact) mass is 1240 g/mol. The lowest BCUT2D eigenvalue weighted by atomic mass is 10.0. The van der Waals surface area contributed by atoms with Gasteiger partial charge in [-0.05, 0) is 25.7 Å². The van der Waals surface area contributed by atoms with Gasteiger partial charge in [-0.3, -0.25) is 9.59 Å². The molecule has 6 nitrogen and oxygen atoms in total. The Morgan fingerprint density at radius 1 is 0.273 bits per heavy atom. The van der Waals surface area contributed by atoms with E-state index in [9.17, 15) is 19.8 Å². The molecule has 0 aromatic heterocycles. The molecule has 526 valence electrons. The first-order valence-electron chi connectivity index (χ1n) is 41.3. The van der Waals surface area contributed by atoms with Gasteiger partial charge in [0.25, 0.3) is 0 Å². The molecule has 2 atom stereocenters. The smallest absolute Gasteiger partial charge is 0.305 e. The molecule has 0 radical (unpaired) electrons. The zero-order chi connectivity index (χ0) is 63.5. The van der Waals surface area contributed by atoms with E-state index in [1.807, 2.05) is 0 Å². The largest absolute Gasteiger partial charge is 0.466 e. The molecule has 0 aromatic carbocycles. The summed E-state index contributed by atoms with van der Waals surface area (Å²) in [7, 11) is 0. The zero-order valence-electron chi connectivity index (χ0n) is 60.5.